The molecule has 0 spiro atoms. The molecule has 5 N–H and O–H groups in total. The minimum atomic E-state index is -1.09. The molecule has 0 atom stereocenters. The van der Waals surface area contributed by atoms with Gasteiger partial charge in [0.15, 0.2) is 5.84 Å². The number of imidazole rings is 1. The second-order valence-electron chi connectivity index (χ2n) is 6.75. The summed E-state index contributed by atoms with van der Waals surface area (Å²) in [7, 11) is 0. The summed E-state index contributed by atoms with van der Waals surface area (Å²) in [5.74, 6) is -1.08. The van der Waals surface area contributed by atoms with Crippen molar-refractivity contribution < 1.29 is 15.1 Å². The molecule has 8 nitrogen and oxygen atoms in total. The highest BCUT2D eigenvalue weighted by Crippen LogP contribution is 2.25. The molecular formula is C22H18N4O4. The fraction of sp³-hybridized carbons (Fsp3) is 0.0455. The van der Waals surface area contributed by atoms with E-state index >= 15 is 0 Å². The lowest BCUT2D eigenvalue weighted by Crippen LogP contribution is -2.18. The summed E-state index contributed by atoms with van der Waals surface area (Å²) in [4.78, 5) is 26.7. The molecule has 0 aliphatic rings. The number of amidine groups is 1. The maximum atomic E-state index is 12.4. The number of carboxylic acid groups (broad SMARTS) is 1. The van der Waals surface area contributed by atoms with Crippen molar-refractivity contribution in [1.29, 1.82) is 0 Å². The van der Waals surface area contributed by atoms with Crippen molar-refractivity contribution in [2.45, 2.75) is 6.54 Å². The summed E-state index contributed by atoms with van der Waals surface area (Å²) >= 11 is 0. The molecule has 0 amide bonds. The van der Waals surface area contributed by atoms with E-state index in [1.165, 1.54) is 10.6 Å². The van der Waals surface area contributed by atoms with E-state index in [-0.39, 0.29) is 23.6 Å². The number of carboxylic acids is 1. The van der Waals surface area contributed by atoms with Crippen molar-refractivity contribution in [2.24, 2.45) is 10.9 Å². The fourth-order valence-electron chi connectivity index (χ4n) is 3.53. The van der Waals surface area contributed by atoms with Crippen LogP contribution in [0.1, 0.15) is 21.5 Å². The summed E-state index contributed by atoms with van der Waals surface area (Å²) in [5.41, 5.74) is 9.38. The van der Waals surface area contributed by atoms with E-state index in [1.54, 1.807) is 24.3 Å². The van der Waals surface area contributed by atoms with Gasteiger partial charge in [0, 0.05) is 5.56 Å². The fourth-order valence-corrected chi connectivity index (χ4v) is 3.53. The Hall–Kier alpha value is -4.33. The quantitative estimate of drug-likeness (QED) is 0.176. The van der Waals surface area contributed by atoms with Crippen LogP contribution in [0, 0.1) is 0 Å². The number of benzene rings is 3. The SMILES string of the molecule is N/C(=N\O)c1ccccc1-c1ccc(Cn2c(=O)[nH]c3cccc(C(=O)O)c32)cc1. The number of nitrogens with one attached hydrogen (secondary N) is 1. The molecule has 4 rings (SSSR count). The first-order valence-electron chi connectivity index (χ1n) is 9.10. The number of aromatic amines is 1. The summed E-state index contributed by atoms with van der Waals surface area (Å²) in [6.45, 7) is 0.214. The van der Waals surface area contributed by atoms with E-state index in [9.17, 15) is 14.7 Å². The molecule has 0 aliphatic carbocycles. The predicted octanol–water partition coefficient (Wildman–Crippen LogP) is 2.84. The standard InChI is InChI=1S/C22H18N4O4/c23-20(25-30)16-5-2-1-4-15(16)14-10-8-13(9-11-14)12-26-19-17(21(27)28)6-3-7-18(19)24-22(26)29/h1-11,30H,12H2,(H2,23,25)(H,24,29)(H,27,28). The number of nitrogens with two attached hydrogens (primary N) is 1. The topological polar surface area (TPSA) is 134 Å². The van der Waals surface area contributed by atoms with E-state index in [0.717, 1.165) is 16.7 Å². The zero-order valence-corrected chi connectivity index (χ0v) is 15.7. The van der Waals surface area contributed by atoms with Gasteiger partial charge in [-0.25, -0.2) is 9.59 Å². The van der Waals surface area contributed by atoms with Crippen LogP contribution in [0.3, 0.4) is 0 Å². The van der Waals surface area contributed by atoms with Gasteiger partial charge in [0.25, 0.3) is 0 Å². The van der Waals surface area contributed by atoms with Crippen LogP contribution in [0.25, 0.3) is 22.2 Å². The van der Waals surface area contributed by atoms with Crippen molar-refractivity contribution in [3.05, 3.63) is 93.9 Å². The zero-order chi connectivity index (χ0) is 21.3. The second kappa shape index (κ2) is 7.59. The highest BCUT2D eigenvalue weighted by molar-refractivity contribution is 6.03. The average molecular weight is 402 g/mol. The van der Waals surface area contributed by atoms with Gasteiger partial charge in [-0.05, 0) is 28.8 Å². The number of carbonyl (C=O) groups is 1. The third-order valence-electron chi connectivity index (χ3n) is 4.94. The number of para-hydroxylation sites is 1. The first kappa shape index (κ1) is 19.0. The zero-order valence-electron chi connectivity index (χ0n) is 15.7. The molecule has 0 saturated heterocycles. The molecule has 0 saturated carbocycles. The van der Waals surface area contributed by atoms with Gasteiger partial charge in [-0.2, -0.15) is 0 Å². The van der Waals surface area contributed by atoms with Crippen LogP contribution >= 0.6 is 0 Å². The van der Waals surface area contributed by atoms with E-state index in [1.807, 2.05) is 36.4 Å². The number of oxime groups is 1. The highest BCUT2D eigenvalue weighted by atomic mass is 16.4. The molecule has 0 radical (unpaired) electrons. The van der Waals surface area contributed by atoms with Crippen LogP contribution in [-0.4, -0.2) is 31.7 Å². The molecule has 150 valence electrons. The lowest BCUT2D eigenvalue weighted by molar-refractivity contribution is 0.0698. The Morgan fingerprint density at radius 2 is 1.70 bits per heavy atom. The molecule has 0 bridgehead atoms. The Balaban J connectivity index is 1.72. The molecule has 3 aromatic carbocycles. The molecule has 0 unspecified atom stereocenters. The Kier molecular flexibility index (Phi) is 4.81. The first-order valence-corrected chi connectivity index (χ1v) is 9.10. The van der Waals surface area contributed by atoms with Crippen molar-refractivity contribution >= 4 is 22.8 Å². The number of hydrogen-bond acceptors (Lipinski definition) is 4. The van der Waals surface area contributed by atoms with E-state index in [2.05, 4.69) is 10.1 Å². The Morgan fingerprint density at radius 1 is 1.00 bits per heavy atom. The number of nitrogens with zero attached hydrogens (tertiary/aromatic N) is 2. The molecular weight excluding hydrogens is 384 g/mol. The number of rotatable bonds is 5. The van der Waals surface area contributed by atoms with Crippen molar-refractivity contribution in [3.63, 3.8) is 0 Å². The molecule has 30 heavy (non-hydrogen) atoms. The lowest BCUT2D eigenvalue weighted by Gasteiger charge is -2.10. The number of fused-ring (bicyclic) bond motifs is 1. The average Bonchev–Trinajstić information content (AvgIpc) is 3.08. The van der Waals surface area contributed by atoms with Crippen LogP contribution in [0.5, 0.6) is 0 Å². The molecule has 1 aromatic heterocycles. The van der Waals surface area contributed by atoms with Crippen LogP contribution < -0.4 is 11.4 Å². The summed E-state index contributed by atoms with van der Waals surface area (Å²) in [6, 6.07) is 19.5. The first-order chi connectivity index (χ1) is 14.5. The lowest BCUT2D eigenvalue weighted by atomic mass is 9.98. The van der Waals surface area contributed by atoms with Gasteiger partial charge in [0.2, 0.25) is 0 Å². The molecule has 1 heterocycles. The van der Waals surface area contributed by atoms with Gasteiger partial charge < -0.3 is 21.0 Å². The Bertz CT molecular complexity index is 1330. The molecule has 8 heteroatoms. The van der Waals surface area contributed by atoms with Crippen LogP contribution in [-0.2, 0) is 6.54 Å². The Morgan fingerprint density at radius 3 is 2.40 bits per heavy atom. The second-order valence-corrected chi connectivity index (χ2v) is 6.75. The van der Waals surface area contributed by atoms with E-state index < -0.39 is 5.97 Å². The number of aromatic carboxylic acids is 1. The van der Waals surface area contributed by atoms with Gasteiger partial charge >= 0.3 is 11.7 Å². The van der Waals surface area contributed by atoms with Crippen LogP contribution in [0.15, 0.2) is 76.7 Å². The van der Waals surface area contributed by atoms with Crippen LogP contribution in [0.4, 0.5) is 0 Å². The van der Waals surface area contributed by atoms with Gasteiger partial charge in [0.1, 0.15) is 0 Å². The number of aromatic nitrogens is 2. The van der Waals surface area contributed by atoms with Crippen LogP contribution in [0.2, 0.25) is 0 Å². The van der Waals surface area contributed by atoms with E-state index in [0.29, 0.717) is 16.6 Å². The smallest absolute Gasteiger partial charge is 0.337 e. The molecule has 0 fully saturated rings. The minimum absolute atomic E-state index is 0.0150. The van der Waals surface area contributed by atoms with Crippen molar-refractivity contribution in [2.75, 3.05) is 0 Å². The third kappa shape index (κ3) is 3.30. The maximum Gasteiger partial charge on any atom is 0.337 e. The highest BCUT2D eigenvalue weighted by Gasteiger charge is 2.16. The predicted molar refractivity (Wildman–Crippen MR) is 113 cm³/mol. The monoisotopic (exact) mass is 402 g/mol. The normalized spacial score (nSPS) is 11.7. The molecule has 0 aliphatic heterocycles. The van der Waals surface area contributed by atoms with Gasteiger partial charge in [-0.3, -0.25) is 4.57 Å². The van der Waals surface area contributed by atoms with Crippen molar-refractivity contribution in [3.8, 4) is 11.1 Å². The maximum absolute atomic E-state index is 12.4. The van der Waals surface area contributed by atoms with E-state index in [4.69, 9.17) is 10.9 Å². The van der Waals surface area contributed by atoms with Gasteiger partial charge in [0.05, 0.1) is 23.1 Å². The summed E-state index contributed by atoms with van der Waals surface area (Å²) < 4.78 is 1.41. The Labute approximate surface area is 170 Å². The van der Waals surface area contributed by atoms with Gasteiger partial charge in [-0.1, -0.05) is 59.8 Å². The number of H-pyrrole nitrogens is 1. The van der Waals surface area contributed by atoms with Gasteiger partial charge in [-0.15, -0.1) is 0 Å². The summed E-state index contributed by atoms with van der Waals surface area (Å²) in [5, 5.41) is 21.6. The minimum Gasteiger partial charge on any atom is -0.478 e. The van der Waals surface area contributed by atoms with Crippen molar-refractivity contribution in [1.82, 2.24) is 9.55 Å². The largest absolute Gasteiger partial charge is 0.478 e. The molecule has 4 aromatic rings. The summed E-state index contributed by atoms with van der Waals surface area (Å²) in [6.07, 6.45) is 0. The third-order valence-corrected chi connectivity index (χ3v) is 4.94. The number of hydrogen-bond donors (Lipinski definition) is 4.